The highest BCUT2D eigenvalue weighted by Gasteiger charge is 2.35. The number of aromatic amines is 1. The van der Waals surface area contributed by atoms with Crippen molar-refractivity contribution in [2.75, 3.05) is 0 Å². The Kier molecular flexibility index (Phi) is 2.58. The Morgan fingerprint density at radius 3 is 2.58 bits per heavy atom. The van der Waals surface area contributed by atoms with Crippen molar-refractivity contribution in [2.45, 2.75) is 32.1 Å². The molecule has 1 heterocycles. The van der Waals surface area contributed by atoms with Gasteiger partial charge in [-0.05, 0) is 25.3 Å². The lowest BCUT2D eigenvalue weighted by molar-refractivity contribution is -0.375. The zero-order chi connectivity index (χ0) is 13.6. The van der Waals surface area contributed by atoms with Crippen LogP contribution in [0.25, 0.3) is 5.70 Å². The van der Waals surface area contributed by atoms with Crippen molar-refractivity contribution in [3.05, 3.63) is 38.7 Å². The van der Waals surface area contributed by atoms with Gasteiger partial charge in [-0.1, -0.05) is 0 Å². The number of aromatic nitrogens is 1. The van der Waals surface area contributed by atoms with E-state index in [1.54, 1.807) is 0 Å². The Balaban J connectivity index is 2.27. The summed E-state index contributed by atoms with van der Waals surface area (Å²) < 4.78 is 0. The van der Waals surface area contributed by atoms with Gasteiger partial charge in [0, 0.05) is 18.5 Å². The molecule has 19 heavy (non-hydrogen) atoms. The second-order valence-corrected chi connectivity index (χ2v) is 4.81. The van der Waals surface area contributed by atoms with Crippen molar-refractivity contribution >= 4 is 17.3 Å². The van der Waals surface area contributed by atoms with Gasteiger partial charge in [-0.2, -0.15) is 0 Å². The molecule has 0 unspecified atom stereocenters. The minimum atomic E-state index is -0.477. The maximum atomic E-state index is 12.1. The molecule has 0 radical (unpaired) electrons. The van der Waals surface area contributed by atoms with Crippen molar-refractivity contribution in [3.8, 4) is 0 Å². The van der Waals surface area contributed by atoms with E-state index < -0.39 is 4.92 Å². The molecule has 0 spiro atoms. The molecule has 0 fully saturated rings. The number of ketones is 2. The summed E-state index contributed by atoms with van der Waals surface area (Å²) >= 11 is 0. The molecule has 0 saturated heterocycles. The van der Waals surface area contributed by atoms with Crippen LogP contribution < -0.4 is 0 Å². The smallest absolute Gasteiger partial charge is 0.275 e. The topological polar surface area (TPSA) is 93.1 Å². The first-order chi connectivity index (χ1) is 9.09. The molecule has 0 atom stereocenters. The van der Waals surface area contributed by atoms with Gasteiger partial charge in [0.1, 0.15) is 0 Å². The molecule has 2 aliphatic rings. The Morgan fingerprint density at radius 2 is 1.84 bits per heavy atom. The Labute approximate surface area is 108 Å². The van der Waals surface area contributed by atoms with Crippen LogP contribution in [0.4, 0.5) is 0 Å². The number of hydrogen-bond acceptors (Lipinski definition) is 4. The molecule has 2 aliphatic carbocycles. The average Bonchev–Trinajstić information content (AvgIpc) is 2.71. The molecule has 1 aromatic rings. The molecule has 6 nitrogen and oxygen atoms in total. The maximum absolute atomic E-state index is 12.1. The zero-order valence-electron chi connectivity index (χ0n) is 10.2. The van der Waals surface area contributed by atoms with Gasteiger partial charge in [0.2, 0.25) is 0 Å². The van der Waals surface area contributed by atoms with E-state index in [2.05, 4.69) is 4.98 Å². The molecule has 0 bridgehead atoms. The Morgan fingerprint density at radius 1 is 1.11 bits per heavy atom. The summed E-state index contributed by atoms with van der Waals surface area (Å²) in [6.07, 6.45) is 3.76. The first kappa shape index (κ1) is 11.8. The van der Waals surface area contributed by atoms with Crippen LogP contribution in [0.15, 0.2) is 6.08 Å². The highest BCUT2D eigenvalue weighted by atomic mass is 16.6. The van der Waals surface area contributed by atoms with Crippen molar-refractivity contribution in [3.63, 3.8) is 0 Å². The first-order valence-electron chi connectivity index (χ1n) is 6.25. The molecule has 3 rings (SSSR count). The summed E-state index contributed by atoms with van der Waals surface area (Å²) in [5.74, 6) is -0.300. The lowest BCUT2D eigenvalue weighted by atomic mass is 9.95. The summed E-state index contributed by atoms with van der Waals surface area (Å²) in [5.41, 5.74) is 1.43. The van der Waals surface area contributed by atoms with Crippen LogP contribution in [0, 0.1) is 10.1 Å². The maximum Gasteiger partial charge on any atom is 0.275 e. The van der Waals surface area contributed by atoms with Crippen LogP contribution in [0.1, 0.15) is 57.8 Å². The SMILES string of the molecule is O=C1CCCC(=O)c2c1[nH]c1c2C([N+](=O)[O-])=CCC1. The van der Waals surface area contributed by atoms with Gasteiger partial charge < -0.3 is 4.98 Å². The van der Waals surface area contributed by atoms with Crippen molar-refractivity contribution in [1.29, 1.82) is 0 Å². The minimum absolute atomic E-state index is 0.0539. The number of nitro groups is 1. The average molecular weight is 260 g/mol. The number of rotatable bonds is 1. The van der Waals surface area contributed by atoms with E-state index in [1.165, 1.54) is 6.08 Å². The number of nitrogens with one attached hydrogen (secondary N) is 1. The van der Waals surface area contributed by atoms with Gasteiger partial charge in [-0.15, -0.1) is 0 Å². The largest absolute Gasteiger partial charge is 0.355 e. The van der Waals surface area contributed by atoms with E-state index in [9.17, 15) is 19.7 Å². The van der Waals surface area contributed by atoms with Crippen LogP contribution >= 0.6 is 0 Å². The summed E-state index contributed by atoms with van der Waals surface area (Å²) in [7, 11) is 0. The quantitative estimate of drug-likeness (QED) is 0.475. The van der Waals surface area contributed by atoms with Crippen LogP contribution in [0.3, 0.4) is 0 Å². The molecule has 1 N–H and O–H groups in total. The number of fused-ring (bicyclic) bond motifs is 3. The van der Waals surface area contributed by atoms with E-state index in [0.29, 0.717) is 36.9 Å². The third-order valence-corrected chi connectivity index (χ3v) is 3.63. The van der Waals surface area contributed by atoms with Crippen molar-refractivity contribution in [1.82, 2.24) is 4.98 Å². The second-order valence-electron chi connectivity index (χ2n) is 4.81. The van der Waals surface area contributed by atoms with Gasteiger partial charge in [-0.3, -0.25) is 19.7 Å². The van der Waals surface area contributed by atoms with E-state index in [0.717, 1.165) is 0 Å². The summed E-state index contributed by atoms with van der Waals surface area (Å²) in [4.78, 5) is 37.7. The fourth-order valence-electron chi connectivity index (χ4n) is 2.79. The Bertz CT molecular complexity index is 639. The van der Waals surface area contributed by atoms with Gasteiger partial charge in [0.25, 0.3) is 5.70 Å². The number of Topliss-reactive ketones (excluding diaryl/α,β-unsaturated/α-hetero) is 2. The fourth-order valence-corrected chi connectivity index (χ4v) is 2.79. The second kappa shape index (κ2) is 4.15. The minimum Gasteiger partial charge on any atom is -0.355 e. The first-order valence-corrected chi connectivity index (χ1v) is 6.25. The van der Waals surface area contributed by atoms with Crippen LogP contribution in [0.2, 0.25) is 0 Å². The van der Waals surface area contributed by atoms with E-state index >= 15 is 0 Å². The zero-order valence-corrected chi connectivity index (χ0v) is 10.2. The lowest BCUT2D eigenvalue weighted by Crippen LogP contribution is -2.10. The number of carbonyl (C=O) groups excluding carboxylic acids is 2. The number of H-pyrrole nitrogens is 1. The van der Waals surface area contributed by atoms with Crippen LogP contribution in [-0.2, 0) is 6.42 Å². The van der Waals surface area contributed by atoms with Crippen LogP contribution in [0.5, 0.6) is 0 Å². The standard InChI is InChI=1S/C13H12N2O4/c16-9-5-2-6-10(17)13-12(9)11-7(14-13)3-1-4-8(11)15(18)19/h4,14H,1-3,5-6H2. The number of aryl methyl sites for hydroxylation is 1. The highest BCUT2D eigenvalue weighted by molar-refractivity contribution is 6.12. The number of hydrogen-bond donors (Lipinski definition) is 1. The van der Waals surface area contributed by atoms with E-state index in [1.807, 2.05) is 0 Å². The molecular weight excluding hydrogens is 248 g/mol. The highest BCUT2D eigenvalue weighted by Crippen LogP contribution is 2.35. The van der Waals surface area contributed by atoms with Gasteiger partial charge in [0.05, 0.1) is 21.7 Å². The predicted octanol–water partition coefficient (Wildman–Crippen LogP) is 2.13. The van der Waals surface area contributed by atoms with Crippen molar-refractivity contribution < 1.29 is 14.5 Å². The van der Waals surface area contributed by atoms with Gasteiger partial charge in [0.15, 0.2) is 11.6 Å². The molecule has 0 saturated carbocycles. The Hall–Kier alpha value is -2.24. The molecule has 6 heteroatoms. The molecule has 1 aromatic heterocycles. The summed E-state index contributed by atoms with van der Waals surface area (Å²) in [6, 6.07) is 0. The van der Waals surface area contributed by atoms with Gasteiger partial charge >= 0.3 is 0 Å². The molecular formula is C13H12N2O4. The molecule has 0 aromatic carbocycles. The van der Waals surface area contributed by atoms with Crippen molar-refractivity contribution in [2.24, 2.45) is 0 Å². The lowest BCUT2D eigenvalue weighted by Gasteiger charge is -2.08. The summed E-state index contributed by atoms with van der Waals surface area (Å²) in [5, 5.41) is 11.1. The molecule has 98 valence electrons. The monoisotopic (exact) mass is 260 g/mol. The number of allylic oxidation sites excluding steroid dienone is 1. The fraction of sp³-hybridized carbons (Fsp3) is 0.385. The third kappa shape index (κ3) is 1.71. The molecule has 0 amide bonds. The number of carbonyl (C=O) groups is 2. The third-order valence-electron chi connectivity index (χ3n) is 3.63. The van der Waals surface area contributed by atoms with Crippen LogP contribution in [-0.4, -0.2) is 21.5 Å². The summed E-state index contributed by atoms with van der Waals surface area (Å²) in [6.45, 7) is 0. The predicted molar refractivity (Wildman–Crippen MR) is 66.6 cm³/mol. The van der Waals surface area contributed by atoms with Gasteiger partial charge in [-0.25, -0.2) is 0 Å². The normalized spacial score (nSPS) is 18.4. The van der Waals surface area contributed by atoms with E-state index in [4.69, 9.17) is 0 Å². The molecule has 0 aliphatic heterocycles. The number of nitrogens with zero attached hydrogens (tertiary/aromatic N) is 1. The van der Waals surface area contributed by atoms with E-state index in [-0.39, 0.29) is 34.9 Å².